The second-order valence-electron chi connectivity index (χ2n) is 8.65. The summed E-state index contributed by atoms with van der Waals surface area (Å²) < 4.78 is 11.3. The van der Waals surface area contributed by atoms with E-state index in [4.69, 9.17) is 9.47 Å². The van der Waals surface area contributed by atoms with Crippen LogP contribution in [0.4, 0.5) is 10.5 Å². The van der Waals surface area contributed by atoms with Crippen molar-refractivity contribution >= 4 is 40.6 Å². The van der Waals surface area contributed by atoms with Crippen LogP contribution in [0.2, 0.25) is 0 Å². The number of nitrogens with one attached hydrogen (secondary N) is 1. The molecule has 1 fully saturated rings. The van der Waals surface area contributed by atoms with Crippen LogP contribution in [0, 0.1) is 20.8 Å². The van der Waals surface area contributed by atoms with Crippen molar-refractivity contribution in [2.24, 2.45) is 0 Å². The normalized spacial score (nSPS) is 14.2. The summed E-state index contributed by atoms with van der Waals surface area (Å²) in [6.07, 6.45) is 1.67. The first kappa shape index (κ1) is 26.0. The maximum absolute atomic E-state index is 12.7. The second kappa shape index (κ2) is 11.8. The Labute approximate surface area is 220 Å². The van der Waals surface area contributed by atoms with Crippen molar-refractivity contribution in [2.75, 3.05) is 25.1 Å². The summed E-state index contributed by atoms with van der Waals surface area (Å²) in [7, 11) is 0. The topological polar surface area (TPSA) is 84.9 Å². The van der Waals surface area contributed by atoms with E-state index in [1.54, 1.807) is 30.3 Å². The molecule has 3 aromatic rings. The monoisotopic (exact) mass is 516 g/mol. The number of aryl methyl sites for hydroxylation is 2. The molecular weight excluding hydrogens is 488 g/mol. The number of imide groups is 1. The van der Waals surface area contributed by atoms with Crippen molar-refractivity contribution in [3.05, 3.63) is 93.9 Å². The Morgan fingerprint density at radius 2 is 1.70 bits per heavy atom. The lowest BCUT2D eigenvalue weighted by Crippen LogP contribution is -2.32. The average Bonchev–Trinajstić information content (AvgIpc) is 3.14. The number of carbonyl (C=O) groups is 3. The van der Waals surface area contributed by atoms with Crippen LogP contribution in [0.25, 0.3) is 6.08 Å². The molecule has 0 spiro atoms. The maximum Gasteiger partial charge on any atom is 0.293 e. The third-order valence-electron chi connectivity index (χ3n) is 5.87. The third kappa shape index (κ3) is 6.80. The molecular formula is C29H28N2O5S. The molecule has 0 radical (unpaired) electrons. The number of carbonyl (C=O) groups excluding carboxylic acids is 3. The number of nitrogens with zero attached hydrogens (tertiary/aromatic N) is 1. The van der Waals surface area contributed by atoms with E-state index in [0.29, 0.717) is 16.4 Å². The van der Waals surface area contributed by atoms with Crippen molar-refractivity contribution < 1.29 is 23.9 Å². The number of thioether (sulfide) groups is 1. The molecule has 0 aromatic heterocycles. The molecule has 37 heavy (non-hydrogen) atoms. The molecule has 0 aliphatic carbocycles. The van der Waals surface area contributed by atoms with Gasteiger partial charge in [-0.3, -0.25) is 19.3 Å². The summed E-state index contributed by atoms with van der Waals surface area (Å²) in [5.74, 6) is 0.631. The van der Waals surface area contributed by atoms with E-state index in [0.717, 1.165) is 39.7 Å². The lowest BCUT2D eigenvalue weighted by molar-refractivity contribution is -0.123. The number of anilines is 1. The van der Waals surface area contributed by atoms with Crippen molar-refractivity contribution in [1.29, 1.82) is 0 Å². The molecule has 0 saturated carbocycles. The Hall–Kier alpha value is -4.04. The highest BCUT2D eigenvalue weighted by atomic mass is 32.2. The van der Waals surface area contributed by atoms with Gasteiger partial charge in [0.15, 0.2) is 6.61 Å². The Morgan fingerprint density at radius 1 is 0.946 bits per heavy atom. The fourth-order valence-electron chi connectivity index (χ4n) is 3.69. The smallest absolute Gasteiger partial charge is 0.293 e. The van der Waals surface area contributed by atoms with E-state index in [1.165, 1.54) is 4.90 Å². The van der Waals surface area contributed by atoms with Crippen LogP contribution < -0.4 is 14.8 Å². The Kier molecular flexibility index (Phi) is 8.30. The van der Waals surface area contributed by atoms with E-state index in [-0.39, 0.29) is 36.8 Å². The second-order valence-corrected chi connectivity index (χ2v) is 9.64. The van der Waals surface area contributed by atoms with E-state index in [2.05, 4.69) is 5.32 Å². The molecule has 0 atom stereocenters. The number of ether oxygens (including phenoxy) is 2. The summed E-state index contributed by atoms with van der Waals surface area (Å²) in [4.78, 5) is 38.9. The average molecular weight is 517 g/mol. The van der Waals surface area contributed by atoms with Gasteiger partial charge in [-0.1, -0.05) is 36.4 Å². The Balaban J connectivity index is 1.28. The van der Waals surface area contributed by atoms with Crippen LogP contribution in [0.3, 0.4) is 0 Å². The van der Waals surface area contributed by atoms with Gasteiger partial charge in [0.1, 0.15) is 18.1 Å². The van der Waals surface area contributed by atoms with Gasteiger partial charge in [0.25, 0.3) is 17.1 Å². The molecule has 1 aliphatic heterocycles. The zero-order valence-corrected chi connectivity index (χ0v) is 21.8. The quantitative estimate of drug-likeness (QED) is 0.365. The summed E-state index contributed by atoms with van der Waals surface area (Å²) in [5.41, 5.74) is 4.70. The fraction of sp³-hybridized carbons (Fsp3) is 0.207. The lowest BCUT2D eigenvalue weighted by Gasteiger charge is -2.13. The van der Waals surface area contributed by atoms with E-state index < -0.39 is 0 Å². The van der Waals surface area contributed by atoms with Crippen LogP contribution in [0.15, 0.2) is 71.6 Å². The van der Waals surface area contributed by atoms with Gasteiger partial charge in [-0.15, -0.1) is 0 Å². The first-order chi connectivity index (χ1) is 17.8. The molecule has 3 aromatic carbocycles. The fourth-order valence-corrected chi connectivity index (χ4v) is 4.55. The predicted molar refractivity (Wildman–Crippen MR) is 146 cm³/mol. The minimum absolute atomic E-state index is 0.129. The Morgan fingerprint density at radius 3 is 2.46 bits per heavy atom. The van der Waals surface area contributed by atoms with E-state index in [1.807, 2.05) is 63.2 Å². The van der Waals surface area contributed by atoms with Crippen LogP contribution >= 0.6 is 11.8 Å². The zero-order valence-electron chi connectivity index (χ0n) is 20.9. The summed E-state index contributed by atoms with van der Waals surface area (Å²) in [6.45, 7) is 6.18. The molecule has 190 valence electrons. The highest BCUT2D eigenvalue weighted by molar-refractivity contribution is 8.18. The van der Waals surface area contributed by atoms with Crippen molar-refractivity contribution in [3.8, 4) is 11.5 Å². The number of rotatable bonds is 9. The first-order valence-corrected chi connectivity index (χ1v) is 12.7. The lowest BCUT2D eigenvalue weighted by atomic mass is 10.1. The van der Waals surface area contributed by atoms with Crippen molar-refractivity contribution in [1.82, 2.24) is 4.90 Å². The van der Waals surface area contributed by atoms with Crippen molar-refractivity contribution in [3.63, 3.8) is 0 Å². The Bertz CT molecular complexity index is 1350. The first-order valence-electron chi connectivity index (χ1n) is 11.8. The van der Waals surface area contributed by atoms with Crippen LogP contribution in [0.5, 0.6) is 11.5 Å². The standard InChI is InChI=1S/C29H28N2O5S/c1-19-6-4-8-24(16-19)35-15-14-31-28(33)26(37-29(31)34)17-22-10-12-23(13-11-22)36-18-27(32)30-25-9-5-7-20(2)21(25)3/h4-13,16-17H,14-15,18H2,1-3H3,(H,30,32)/b26-17-. The largest absolute Gasteiger partial charge is 0.492 e. The van der Waals surface area contributed by atoms with Gasteiger partial charge in [-0.25, -0.2) is 0 Å². The number of benzene rings is 3. The van der Waals surface area contributed by atoms with Crippen LogP contribution in [-0.2, 0) is 9.59 Å². The molecule has 0 bridgehead atoms. The van der Waals surface area contributed by atoms with Crippen LogP contribution in [-0.4, -0.2) is 41.7 Å². The zero-order chi connectivity index (χ0) is 26.4. The van der Waals surface area contributed by atoms with Gasteiger partial charge in [0, 0.05) is 5.69 Å². The van der Waals surface area contributed by atoms with Gasteiger partial charge < -0.3 is 14.8 Å². The molecule has 3 amide bonds. The number of hydrogen-bond acceptors (Lipinski definition) is 6. The number of hydrogen-bond donors (Lipinski definition) is 1. The van der Waals surface area contributed by atoms with Gasteiger partial charge in [0.05, 0.1) is 11.4 Å². The molecule has 7 nitrogen and oxygen atoms in total. The SMILES string of the molecule is Cc1cccc(OCCN2C(=O)S/C(=C\c3ccc(OCC(=O)Nc4cccc(C)c4C)cc3)C2=O)c1. The third-order valence-corrected chi connectivity index (χ3v) is 6.78. The number of amides is 3. The van der Waals surface area contributed by atoms with Crippen molar-refractivity contribution in [2.45, 2.75) is 20.8 Å². The molecule has 1 N–H and O–H groups in total. The molecule has 4 rings (SSSR count). The summed E-state index contributed by atoms with van der Waals surface area (Å²) in [6, 6.07) is 20.3. The predicted octanol–water partition coefficient (Wildman–Crippen LogP) is 5.74. The van der Waals surface area contributed by atoms with Gasteiger partial charge >= 0.3 is 0 Å². The van der Waals surface area contributed by atoms with Gasteiger partial charge in [0.2, 0.25) is 0 Å². The maximum atomic E-state index is 12.7. The molecule has 0 unspecified atom stereocenters. The van der Waals surface area contributed by atoms with E-state index >= 15 is 0 Å². The van der Waals surface area contributed by atoms with E-state index in [9.17, 15) is 14.4 Å². The highest BCUT2D eigenvalue weighted by Crippen LogP contribution is 2.32. The molecule has 1 aliphatic rings. The minimum Gasteiger partial charge on any atom is -0.492 e. The highest BCUT2D eigenvalue weighted by Gasteiger charge is 2.34. The summed E-state index contributed by atoms with van der Waals surface area (Å²) in [5, 5.41) is 2.54. The van der Waals surface area contributed by atoms with Gasteiger partial charge in [-0.2, -0.15) is 0 Å². The van der Waals surface area contributed by atoms with Gasteiger partial charge in [-0.05, 0) is 91.2 Å². The molecule has 8 heteroatoms. The molecule has 1 saturated heterocycles. The summed E-state index contributed by atoms with van der Waals surface area (Å²) >= 11 is 0.905. The molecule has 1 heterocycles. The van der Waals surface area contributed by atoms with Crippen LogP contribution in [0.1, 0.15) is 22.3 Å². The minimum atomic E-state index is -0.341.